The zero-order valence-corrected chi connectivity index (χ0v) is 11.3. The first-order chi connectivity index (χ1) is 9.28. The van der Waals surface area contributed by atoms with Gasteiger partial charge in [0, 0.05) is 18.4 Å². The highest BCUT2D eigenvalue weighted by Crippen LogP contribution is 2.09. The molecule has 1 atom stereocenters. The van der Waals surface area contributed by atoms with Crippen LogP contribution in [-0.2, 0) is 6.54 Å². The van der Waals surface area contributed by atoms with E-state index in [2.05, 4.69) is 39.4 Å². The normalized spacial score (nSPS) is 11.9. The zero-order chi connectivity index (χ0) is 13.5. The van der Waals surface area contributed by atoms with Crippen LogP contribution < -0.4 is 10.6 Å². The number of pyridine rings is 1. The van der Waals surface area contributed by atoms with Crippen LogP contribution in [0.2, 0.25) is 0 Å². The lowest BCUT2D eigenvalue weighted by molar-refractivity contribution is 0.758. The lowest BCUT2D eigenvalue weighted by Crippen LogP contribution is -2.15. The molecule has 2 heterocycles. The van der Waals surface area contributed by atoms with Crippen LogP contribution in [0.15, 0.2) is 36.7 Å². The van der Waals surface area contributed by atoms with Crippen LogP contribution in [0.5, 0.6) is 0 Å². The molecule has 0 bridgehead atoms. The Kier molecular flexibility index (Phi) is 4.66. The Morgan fingerprint density at radius 3 is 2.79 bits per heavy atom. The minimum Gasteiger partial charge on any atom is -0.367 e. The first kappa shape index (κ1) is 13.3. The van der Waals surface area contributed by atoms with E-state index < -0.39 is 0 Å². The van der Waals surface area contributed by atoms with Crippen LogP contribution in [0.1, 0.15) is 26.0 Å². The number of rotatable bonds is 6. The van der Waals surface area contributed by atoms with E-state index in [1.54, 1.807) is 12.4 Å². The van der Waals surface area contributed by atoms with Gasteiger partial charge in [-0.2, -0.15) is 4.98 Å². The molecule has 2 N–H and O–H groups in total. The Balaban J connectivity index is 1.95. The summed E-state index contributed by atoms with van der Waals surface area (Å²) in [6.45, 7) is 4.88. The van der Waals surface area contributed by atoms with Crippen LogP contribution >= 0.6 is 0 Å². The molecule has 5 heteroatoms. The van der Waals surface area contributed by atoms with Gasteiger partial charge in [-0.15, -0.1) is 0 Å². The average Bonchev–Trinajstić information content (AvgIpc) is 2.46. The molecule has 0 aliphatic rings. The Morgan fingerprint density at radius 2 is 2.05 bits per heavy atom. The van der Waals surface area contributed by atoms with Crippen LogP contribution in [0.4, 0.5) is 11.8 Å². The molecule has 2 aromatic rings. The average molecular weight is 257 g/mol. The summed E-state index contributed by atoms with van der Waals surface area (Å²) in [5, 5.41) is 6.49. The van der Waals surface area contributed by atoms with Crippen LogP contribution in [0.25, 0.3) is 0 Å². The van der Waals surface area contributed by atoms with E-state index in [9.17, 15) is 0 Å². The fourth-order valence-electron chi connectivity index (χ4n) is 1.55. The van der Waals surface area contributed by atoms with Gasteiger partial charge in [-0.1, -0.05) is 13.0 Å². The van der Waals surface area contributed by atoms with Crippen LogP contribution in [-0.4, -0.2) is 21.0 Å². The van der Waals surface area contributed by atoms with Crippen molar-refractivity contribution in [3.8, 4) is 0 Å². The fraction of sp³-hybridized carbons (Fsp3) is 0.357. The van der Waals surface area contributed by atoms with Gasteiger partial charge in [-0.25, -0.2) is 4.98 Å². The third-order valence-corrected chi connectivity index (χ3v) is 2.82. The van der Waals surface area contributed by atoms with E-state index in [0.29, 0.717) is 18.5 Å². The van der Waals surface area contributed by atoms with Crippen molar-refractivity contribution in [3.63, 3.8) is 0 Å². The summed E-state index contributed by atoms with van der Waals surface area (Å²) in [7, 11) is 0. The van der Waals surface area contributed by atoms with Crippen molar-refractivity contribution in [1.29, 1.82) is 0 Å². The summed E-state index contributed by atoms with van der Waals surface area (Å²) in [6, 6.07) is 8.10. The maximum atomic E-state index is 4.41. The van der Waals surface area contributed by atoms with E-state index in [1.165, 1.54) is 0 Å². The van der Waals surface area contributed by atoms with E-state index >= 15 is 0 Å². The molecular weight excluding hydrogens is 238 g/mol. The summed E-state index contributed by atoms with van der Waals surface area (Å²) >= 11 is 0. The first-order valence-corrected chi connectivity index (χ1v) is 6.51. The molecule has 0 fully saturated rings. The minimum absolute atomic E-state index is 0.401. The molecule has 5 nitrogen and oxygen atoms in total. The molecule has 0 saturated carbocycles. The summed E-state index contributed by atoms with van der Waals surface area (Å²) < 4.78 is 0. The summed E-state index contributed by atoms with van der Waals surface area (Å²) in [5.74, 6) is 1.45. The third kappa shape index (κ3) is 4.21. The summed E-state index contributed by atoms with van der Waals surface area (Å²) in [5.41, 5.74) is 0.964. The Hall–Kier alpha value is -2.17. The molecule has 100 valence electrons. The van der Waals surface area contributed by atoms with Crippen molar-refractivity contribution in [2.45, 2.75) is 32.9 Å². The molecule has 0 spiro atoms. The monoisotopic (exact) mass is 257 g/mol. The van der Waals surface area contributed by atoms with Gasteiger partial charge in [0.15, 0.2) is 0 Å². The molecule has 0 amide bonds. The molecule has 1 unspecified atom stereocenters. The Bertz CT molecular complexity index is 500. The second kappa shape index (κ2) is 6.68. The second-order valence-corrected chi connectivity index (χ2v) is 4.39. The molecule has 0 aliphatic carbocycles. The van der Waals surface area contributed by atoms with Gasteiger partial charge < -0.3 is 10.6 Å². The number of hydrogen-bond donors (Lipinski definition) is 2. The van der Waals surface area contributed by atoms with Crippen molar-refractivity contribution in [1.82, 2.24) is 15.0 Å². The molecule has 19 heavy (non-hydrogen) atoms. The quantitative estimate of drug-likeness (QED) is 0.833. The van der Waals surface area contributed by atoms with Crippen LogP contribution in [0, 0.1) is 0 Å². The SMILES string of the molecule is CCC(C)Nc1ccnc(NCc2ccccn2)n1. The maximum Gasteiger partial charge on any atom is 0.224 e. The van der Waals surface area contributed by atoms with Gasteiger partial charge in [0.1, 0.15) is 5.82 Å². The van der Waals surface area contributed by atoms with E-state index in [1.807, 2.05) is 24.3 Å². The Labute approximate surface area is 113 Å². The van der Waals surface area contributed by atoms with Crippen molar-refractivity contribution >= 4 is 11.8 Å². The molecule has 0 aromatic carbocycles. The first-order valence-electron chi connectivity index (χ1n) is 6.51. The Morgan fingerprint density at radius 1 is 1.16 bits per heavy atom. The largest absolute Gasteiger partial charge is 0.367 e. The van der Waals surface area contributed by atoms with E-state index in [0.717, 1.165) is 17.9 Å². The van der Waals surface area contributed by atoms with Gasteiger partial charge in [0.05, 0.1) is 12.2 Å². The minimum atomic E-state index is 0.401. The fourth-order valence-corrected chi connectivity index (χ4v) is 1.55. The lowest BCUT2D eigenvalue weighted by Gasteiger charge is -2.12. The van der Waals surface area contributed by atoms with Crippen molar-refractivity contribution in [3.05, 3.63) is 42.4 Å². The van der Waals surface area contributed by atoms with Crippen molar-refractivity contribution < 1.29 is 0 Å². The predicted molar refractivity (Wildman–Crippen MR) is 77.0 cm³/mol. The topological polar surface area (TPSA) is 62.7 Å². The molecule has 2 aromatic heterocycles. The molecule has 0 radical (unpaired) electrons. The molecule has 0 saturated heterocycles. The molecule has 2 rings (SSSR count). The molecular formula is C14H19N5. The number of hydrogen-bond acceptors (Lipinski definition) is 5. The number of nitrogens with zero attached hydrogens (tertiary/aromatic N) is 3. The highest BCUT2D eigenvalue weighted by molar-refractivity contribution is 5.40. The zero-order valence-electron chi connectivity index (χ0n) is 11.3. The second-order valence-electron chi connectivity index (χ2n) is 4.39. The van der Waals surface area contributed by atoms with E-state index in [4.69, 9.17) is 0 Å². The van der Waals surface area contributed by atoms with Gasteiger partial charge in [0.2, 0.25) is 5.95 Å². The summed E-state index contributed by atoms with van der Waals surface area (Å²) in [4.78, 5) is 12.9. The van der Waals surface area contributed by atoms with E-state index in [-0.39, 0.29) is 0 Å². The third-order valence-electron chi connectivity index (χ3n) is 2.82. The van der Waals surface area contributed by atoms with Gasteiger partial charge >= 0.3 is 0 Å². The number of nitrogens with one attached hydrogen (secondary N) is 2. The highest BCUT2D eigenvalue weighted by Gasteiger charge is 2.02. The lowest BCUT2D eigenvalue weighted by atomic mass is 10.2. The maximum absolute atomic E-state index is 4.41. The standard InChI is InChI=1S/C14H19N5/c1-3-11(2)18-13-7-9-16-14(19-13)17-10-12-6-4-5-8-15-12/h4-9,11H,3,10H2,1-2H3,(H2,16,17,18,19). The van der Waals surface area contributed by atoms with Crippen molar-refractivity contribution in [2.24, 2.45) is 0 Å². The van der Waals surface area contributed by atoms with Crippen molar-refractivity contribution in [2.75, 3.05) is 10.6 Å². The van der Waals surface area contributed by atoms with Gasteiger partial charge in [-0.3, -0.25) is 4.98 Å². The number of aromatic nitrogens is 3. The predicted octanol–water partition coefficient (Wildman–Crippen LogP) is 2.69. The highest BCUT2D eigenvalue weighted by atomic mass is 15.1. The summed E-state index contributed by atoms with van der Waals surface area (Å²) in [6.07, 6.45) is 4.58. The number of anilines is 2. The van der Waals surface area contributed by atoms with Gasteiger partial charge in [-0.05, 0) is 31.5 Å². The van der Waals surface area contributed by atoms with Gasteiger partial charge in [0.25, 0.3) is 0 Å². The van der Waals surface area contributed by atoms with Crippen LogP contribution in [0.3, 0.4) is 0 Å². The smallest absolute Gasteiger partial charge is 0.224 e. The molecule has 0 aliphatic heterocycles.